The molecule has 0 fully saturated rings. The molecule has 0 saturated heterocycles. The Morgan fingerprint density at radius 2 is 2.21 bits per heavy atom. The van der Waals surface area contributed by atoms with Crippen LogP contribution in [0.15, 0.2) is 34.8 Å². The molecular formula is C16H20N2O. The molecule has 0 saturated carbocycles. The van der Waals surface area contributed by atoms with E-state index in [1.165, 1.54) is 5.57 Å². The number of hydrogen-bond donors (Lipinski definition) is 0. The van der Waals surface area contributed by atoms with Crippen molar-refractivity contribution in [1.82, 2.24) is 0 Å². The summed E-state index contributed by atoms with van der Waals surface area (Å²) < 4.78 is 0. The SMILES string of the molecule is CC/C(C)=C\C(=NC)c1cccc2c1CC(=O)N2C. The van der Waals surface area contributed by atoms with Crippen molar-refractivity contribution in [2.24, 2.45) is 4.99 Å². The minimum absolute atomic E-state index is 0.147. The number of nitrogens with zero attached hydrogens (tertiary/aromatic N) is 2. The summed E-state index contributed by atoms with van der Waals surface area (Å²) in [5.74, 6) is 0.147. The zero-order valence-electron chi connectivity index (χ0n) is 12.0. The van der Waals surface area contributed by atoms with Gasteiger partial charge in [0, 0.05) is 25.3 Å². The minimum Gasteiger partial charge on any atom is -0.315 e. The number of anilines is 1. The summed E-state index contributed by atoms with van der Waals surface area (Å²) >= 11 is 0. The first kappa shape index (κ1) is 13.5. The van der Waals surface area contributed by atoms with Crippen LogP contribution in [0.5, 0.6) is 0 Å². The molecule has 1 aliphatic heterocycles. The molecule has 3 heteroatoms. The molecule has 1 heterocycles. The van der Waals surface area contributed by atoms with E-state index >= 15 is 0 Å². The second-order valence-electron chi connectivity index (χ2n) is 4.89. The quantitative estimate of drug-likeness (QED) is 0.765. The lowest BCUT2D eigenvalue weighted by molar-refractivity contribution is -0.117. The smallest absolute Gasteiger partial charge is 0.231 e. The Balaban J connectivity index is 2.51. The van der Waals surface area contributed by atoms with Crippen LogP contribution in [-0.2, 0) is 11.2 Å². The van der Waals surface area contributed by atoms with Gasteiger partial charge in [-0.05, 0) is 31.1 Å². The molecule has 19 heavy (non-hydrogen) atoms. The average Bonchev–Trinajstić information content (AvgIpc) is 2.72. The first-order valence-corrected chi connectivity index (χ1v) is 6.61. The Bertz CT molecular complexity index is 570. The van der Waals surface area contributed by atoms with Crippen molar-refractivity contribution in [1.29, 1.82) is 0 Å². The average molecular weight is 256 g/mol. The molecule has 1 aliphatic rings. The van der Waals surface area contributed by atoms with Crippen molar-refractivity contribution >= 4 is 17.3 Å². The van der Waals surface area contributed by atoms with Gasteiger partial charge in [-0.3, -0.25) is 9.79 Å². The minimum atomic E-state index is 0.147. The van der Waals surface area contributed by atoms with Crippen LogP contribution in [0.1, 0.15) is 31.4 Å². The summed E-state index contributed by atoms with van der Waals surface area (Å²) in [7, 11) is 3.63. The molecule has 0 aliphatic carbocycles. The number of hydrogen-bond acceptors (Lipinski definition) is 2. The molecule has 1 amide bonds. The van der Waals surface area contributed by atoms with Crippen LogP contribution in [-0.4, -0.2) is 25.7 Å². The van der Waals surface area contributed by atoms with E-state index < -0.39 is 0 Å². The van der Waals surface area contributed by atoms with Gasteiger partial charge in [0.15, 0.2) is 0 Å². The maximum absolute atomic E-state index is 11.8. The van der Waals surface area contributed by atoms with Gasteiger partial charge in [-0.15, -0.1) is 0 Å². The van der Waals surface area contributed by atoms with Gasteiger partial charge in [0.25, 0.3) is 0 Å². The molecule has 0 spiro atoms. The van der Waals surface area contributed by atoms with E-state index in [1.807, 2.05) is 25.2 Å². The first-order chi connectivity index (χ1) is 9.08. The summed E-state index contributed by atoms with van der Waals surface area (Å²) in [6.45, 7) is 4.23. The second kappa shape index (κ2) is 5.39. The third kappa shape index (κ3) is 2.46. The van der Waals surface area contributed by atoms with Gasteiger partial charge in [-0.25, -0.2) is 0 Å². The van der Waals surface area contributed by atoms with Crippen molar-refractivity contribution in [3.8, 4) is 0 Å². The predicted molar refractivity (Wildman–Crippen MR) is 80.1 cm³/mol. The number of rotatable bonds is 3. The molecule has 100 valence electrons. The van der Waals surface area contributed by atoms with Crippen molar-refractivity contribution in [3.63, 3.8) is 0 Å². The number of amides is 1. The largest absolute Gasteiger partial charge is 0.315 e. The fourth-order valence-electron chi connectivity index (χ4n) is 2.32. The summed E-state index contributed by atoms with van der Waals surface area (Å²) in [4.78, 5) is 18.0. The monoisotopic (exact) mass is 256 g/mol. The van der Waals surface area contributed by atoms with Crippen molar-refractivity contribution in [3.05, 3.63) is 41.0 Å². The lowest BCUT2D eigenvalue weighted by atomic mass is 9.98. The Kier molecular flexibility index (Phi) is 3.84. The molecule has 1 aromatic rings. The van der Waals surface area contributed by atoms with E-state index in [4.69, 9.17) is 0 Å². The van der Waals surface area contributed by atoms with Gasteiger partial charge >= 0.3 is 0 Å². The zero-order chi connectivity index (χ0) is 14.0. The first-order valence-electron chi connectivity index (χ1n) is 6.61. The number of fused-ring (bicyclic) bond motifs is 1. The molecule has 0 aromatic heterocycles. The van der Waals surface area contributed by atoms with E-state index in [-0.39, 0.29) is 5.91 Å². The number of carbonyl (C=O) groups excluding carboxylic acids is 1. The molecule has 3 nitrogen and oxygen atoms in total. The van der Waals surface area contributed by atoms with Crippen LogP contribution in [0.4, 0.5) is 5.69 Å². The standard InChI is InChI=1S/C16H20N2O/c1-5-11(2)9-14(17-3)12-7-6-8-15-13(12)10-16(19)18(15)4/h6-9H,5,10H2,1-4H3/b11-9-,17-14?. The summed E-state index contributed by atoms with van der Waals surface area (Å²) in [5, 5.41) is 0. The van der Waals surface area contributed by atoms with Gasteiger partial charge in [-0.2, -0.15) is 0 Å². The van der Waals surface area contributed by atoms with Crippen molar-refractivity contribution in [2.45, 2.75) is 26.7 Å². The molecule has 0 unspecified atom stereocenters. The van der Waals surface area contributed by atoms with Crippen LogP contribution in [0.2, 0.25) is 0 Å². The molecule has 0 bridgehead atoms. The Morgan fingerprint density at radius 3 is 2.84 bits per heavy atom. The topological polar surface area (TPSA) is 32.7 Å². The van der Waals surface area contributed by atoms with Crippen LogP contribution in [0, 0.1) is 0 Å². The van der Waals surface area contributed by atoms with Crippen LogP contribution in [0.25, 0.3) is 0 Å². The molecule has 0 N–H and O–H groups in total. The van der Waals surface area contributed by atoms with Gasteiger partial charge in [0.05, 0.1) is 12.1 Å². The van der Waals surface area contributed by atoms with Crippen LogP contribution < -0.4 is 4.90 Å². The summed E-state index contributed by atoms with van der Waals surface area (Å²) in [6, 6.07) is 6.03. The predicted octanol–water partition coefficient (Wildman–Crippen LogP) is 2.98. The van der Waals surface area contributed by atoms with E-state index in [0.29, 0.717) is 6.42 Å². The van der Waals surface area contributed by atoms with Gasteiger partial charge in [0.2, 0.25) is 5.91 Å². The molecule has 2 rings (SSSR count). The molecule has 1 aromatic carbocycles. The lowest BCUT2D eigenvalue weighted by Gasteiger charge is -2.12. The number of aliphatic imine (C=N–C) groups is 1. The Morgan fingerprint density at radius 1 is 1.47 bits per heavy atom. The van der Waals surface area contributed by atoms with E-state index in [2.05, 4.69) is 24.9 Å². The maximum atomic E-state index is 11.8. The molecule has 0 atom stereocenters. The summed E-state index contributed by atoms with van der Waals surface area (Å²) in [5.41, 5.74) is 5.42. The Labute approximate surface area is 114 Å². The van der Waals surface area contributed by atoms with E-state index in [1.54, 1.807) is 11.9 Å². The fourth-order valence-corrected chi connectivity index (χ4v) is 2.32. The zero-order valence-corrected chi connectivity index (χ0v) is 12.0. The maximum Gasteiger partial charge on any atom is 0.231 e. The fraction of sp³-hybridized carbons (Fsp3) is 0.375. The van der Waals surface area contributed by atoms with Gasteiger partial charge in [0.1, 0.15) is 0 Å². The van der Waals surface area contributed by atoms with Gasteiger partial charge in [-0.1, -0.05) is 24.6 Å². The van der Waals surface area contributed by atoms with Crippen LogP contribution in [0.3, 0.4) is 0 Å². The van der Waals surface area contributed by atoms with Crippen molar-refractivity contribution < 1.29 is 4.79 Å². The van der Waals surface area contributed by atoms with Gasteiger partial charge < -0.3 is 4.90 Å². The third-order valence-corrected chi connectivity index (χ3v) is 3.67. The molecule has 0 radical (unpaired) electrons. The van der Waals surface area contributed by atoms with E-state index in [9.17, 15) is 4.79 Å². The summed E-state index contributed by atoms with van der Waals surface area (Å²) in [6.07, 6.45) is 3.59. The number of allylic oxidation sites excluding steroid dienone is 2. The number of carbonyl (C=O) groups is 1. The highest BCUT2D eigenvalue weighted by Gasteiger charge is 2.26. The highest BCUT2D eigenvalue weighted by molar-refractivity contribution is 6.13. The highest BCUT2D eigenvalue weighted by atomic mass is 16.2. The highest BCUT2D eigenvalue weighted by Crippen LogP contribution is 2.31. The number of likely N-dealkylation sites (N-methyl/N-ethyl adjacent to an activating group) is 1. The Hall–Kier alpha value is -1.90. The third-order valence-electron chi connectivity index (χ3n) is 3.67. The van der Waals surface area contributed by atoms with E-state index in [0.717, 1.165) is 28.9 Å². The van der Waals surface area contributed by atoms with Crippen molar-refractivity contribution in [2.75, 3.05) is 19.0 Å². The van der Waals surface area contributed by atoms with Crippen LogP contribution >= 0.6 is 0 Å². The lowest BCUT2D eigenvalue weighted by Crippen LogP contribution is -2.20. The molecular weight excluding hydrogens is 236 g/mol. The second-order valence-corrected chi connectivity index (χ2v) is 4.89. The normalized spacial score (nSPS) is 16.0. The number of benzene rings is 1.